The molecule has 1 aliphatic carbocycles. The third-order valence-corrected chi connectivity index (χ3v) is 25.0. The Balaban J connectivity index is 1.23. The third kappa shape index (κ3) is 11.8. The maximum absolute atomic E-state index is 13.3. The number of aromatic nitrogens is 4. The summed E-state index contributed by atoms with van der Waals surface area (Å²) in [5.41, 5.74) is -1.40. The van der Waals surface area contributed by atoms with Crippen molar-refractivity contribution in [3.8, 4) is 0 Å². The molecule has 4 saturated heterocycles. The van der Waals surface area contributed by atoms with E-state index in [-0.39, 0.29) is 35.8 Å². The van der Waals surface area contributed by atoms with Crippen molar-refractivity contribution in [1.82, 2.24) is 24.4 Å². The first-order chi connectivity index (χ1) is 31.2. The van der Waals surface area contributed by atoms with Crippen LogP contribution in [0.5, 0.6) is 0 Å². The van der Waals surface area contributed by atoms with Crippen LogP contribution in [0.2, 0.25) is 36.3 Å². The Morgan fingerprint density at radius 1 is 0.761 bits per heavy atom. The van der Waals surface area contributed by atoms with E-state index in [4.69, 9.17) is 46.1 Å². The number of hydrogen-bond donors (Lipinski definition) is 3. The second-order valence-corrected chi connectivity index (χ2v) is 33.0. The van der Waals surface area contributed by atoms with E-state index in [0.29, 0.717) is 24.1 Å². The Bertz CT molecular complexity index is 2280. The summed E-state index contributed by atoms with van der Waals surface area (Å²) in [5.74, 6) is -0.752. The monoisotopic (exact) mass is 997 g/mol. The van der Waals surface area contributed by atoms with Gasteiger partial charge >= 0.3 is 20.0 Å². The van der Waals surface area contributed by atoms with Gasteiger partial charge in [-0.25, -0.2) is 9.59 Å². The Morgan fingerprint density at radius 3 is 1.84 bits per heavy atom. The van der Waals surface area contributed by atoms with Crippen molar-refractivity contribution >= 4 is 25.2 Å². The SMILES string of the molecule is Cc1cn([C@H]2C[C@H](O[P@@](OC[C@H]3O[C@@H](n4cc(C)c(=O)[nH]c4=O)C[C@@H]3O[Si](C)(C)C(C)(C)C)O[C@@H]3[C@H]4OC5(CCCC5)O[C@H]4O[C@@H]3CNC(C)C)[C@@H](CO[Si](C)(C)C(C)(C)C)O2)c(=O)[nH]c1=O. The molecule has 6 heterocycles. The predicted octanol–water partition coefficient (Wildman–Crippen LogP) is 6.11. The molecule has 2 aromatic rings. The van der Waals surface area contributed by atoms with Crippen molar-refractivity contribution in [2.75, 3.05) is 19.8 Å². The number of fused-ring (bicyclic) bond motifs is 1. The van der Waals surface area contributed by atoms with Gasteiger partial charge in [0.15, 0.2) is 28.7 Å². The molecule has 0 radical (unpaired) electrons. The van der Waals surface area contributed by atoms with E-state index >= 15 is 0 Å². The fourth-order valence-corrected chi connectivity index (χ4v) is 12.3. The van der Waals surface area contributed by atoms with E-state index in [0.717, 1.165) is 25.7 Å². The molecular weight excluding hydrogens is 922 g/mol. The Morgan fingerprint density at radius 2 is 1.30 bits per heavy atom. The van der Waals surface area contributed by atoms with Crippen molar-refractivity contribution in [1.29, 1.82) is 0 Å². The topological polar surface area (TPSA) is 214 Å². The highest BCUT2D eigenvalue weighted by Crippen LogP contribution is 2.53. The predicted molar refractivity (Wildman–Crippen MR) is 256 cm³/mol. The highest BCUT2D eigenvalue weighted by Gasteiger charge is 2.60. The number of nitrogens with one attached hydrogen (secondary N) is 3. The Hall–Kier alpha value is -2.22. The summed E-state index contributed by atoms with van der Waals surface area (Å²) in [6.07, 6.45) is 0.390. The molecule has 0 aromatic carbocycles. The molecule has 3 N–H and O–H groups in total. The molecule has 0 unspecified atom stereocenters. The molecule has 5 fully saturated rings. The van der Waals surface area contributed by atoms with Crippen molar-refractivity contribution in [2.45, 2.75) is 217 Å². The second-order valence-electron chi connectivity index (χ2n) is 22.3. The van der Waals surface area contributed by atoms with Crippen LogP contribution in [0, 0.1) is 13.8 Å². The Kier molecular flexibility index (Phi) is 15.8. The van der Waals surface area contributed by atoms with Crippen LogP contribution in [0.1, 0.15) is 117 Å². The van der Waals surface area contributed by atoms with Gasteiger partial charge in [0.25, 0.3) is 11.1 Å². The molecule has 0 amide bonds. The number of ether oxygens (including phenoxy) is 5. The lowest BCUT2D eigenvalue weighted by Gasteiger charge is -2.39. The van der Waals surface area contributed by atoms with Crippen LogP contribution in [0.3, 0.4) is 0 Å². The van der Waals surface area contributed by atoms with Gasteiger partial charge in [0.2, 0.25) is 0 Å². The number of aryl methyl sites for hydroxylation is 2. The molecule has 378 valence electrons. The molecule has 1 spiro atoms. The summed E-state index contributed by atoms with van der Waals surface area (Å²) >= 11 is 0. The van der Waals surface area contributed by atoms with Crippen molar-refractivity contribution in [2.24, 2.45) is 0 Å². The number of nitrogens with zero attached hydrogens (tertiary/aromatic N) is 2. The van der Waals surface area contributed by atoms with E-state index in [1.807, 2.05) is 0 Å². The van der Waals surface area contributed by atoms with Crippen LogP contribution in [-0.4, -0.2) is 116 Å². The van der Waals surface area contributed by atoms with Crippen molar-refractivity contribution < 1.29 is 46.1 Å². The zero-order valence-corrected chi connectivity index (χ0v) is 44.8. The average molecular weight is 998 g/mol. The summed E-state index contributed by atoms with van der Waals surface area (Å²) < 4.78 is 70.6. The molecule has 0 bridgehead atoms. The molecule has 5 aliphatic rings. The minimum Gasteiger partial charge on any atom is -0.414 e. The molecule has 4 aliphatic heterocycles. The van der Waals surface area contributed by atoms with Gasteiger partial charge in [-0.1, -0.05) is 55.4 Å². The fourth-order valence-electron chi connectivity index (χ4n) is 8.56. The van der Waals surface area contributed by atoms with Crippen molar-refractivity contribution in [3.63, 3.8) is 0 Å². The molecule has 7 rings (SSSR count). The number of hydrogen-bond acceptors (Lipinski definition) is 15. The quantitative estimate of drug-likeness (QED) is 0.120. The zero-order chi connectivity index (χ0) is 49.0. The molecular formula is C45H76N5O14PSi2. The van der Waals surface area contributed by atoms with Crippen LogP contribution >= 0.6 is 8.60 Å². The maximum atomic E-state index is 13.3. The van der Waals surface area contributed by atoms with Gasteiger partial charge in [0, 0.05) is 61.8 Å². The van der Waals surface area contributed by atoms with Gasteiger partial charge in [-0.05, 0) is 63.0 Å². The largest absolute Gasteiger partial charge is 0.414 e. The lowest BCUT2D eigenvalue weighted by atomic mass is 10.1. The van der Waals surface area contributed by atoms with Crippen LogP contribution < -0.4 is 27.8 Å². The first kappa shape index (κ1) is 52.6. The normalized spacial score (nSPS) is 30.6. The molecule has 67 heavy (non-hydrogen) atoms. The molecule has 1 saturated carbocycles. The van der Waals surface area contributed by atoms with Gasteiger partial charge in [-0.3, -0.25) is 28.7 Å². The standard InChI is InChI=1S/C45H76N5O14PSi2/c1-26(2)46-21-31-36(37-40(59-31)61-45(60-37)17-15-16-18-45)63-65(55-24-32-30(64-67(13,14)44(8,9)10)20-35(57-32)50-23-28(4)39(52)48-42(50)54)62-29-19-34(49-22-27(3)38(51)47-41(49)53)58-33(29)25-56-66(11,12)43(5,6)7/h22-23,26,29-37,40,46H,15-21,24-25H2,1-14H3,(H,47,51,53)(H,48,52,54)/t29-,30-,31+,32+,33+,34+,35+,36-,37+,40+,65+/m0/s1. The van der Waals surface area contributed by atoms with Gasteiger partial charge < -0.3 is 51.4 Å². The smallest absolute Gasteiger partial charge is 0.333 e. The summed E-state index contributed by atoms with van der Waals surface area (Å²) in [6.45, 7) is 29.5. The number of H-pyrrole nitrogens is 2. The molecule has 11 atom stereocenters. The van der Waals surface area contributed by atoms with E-state index in [9.17, 15) is 19.2 Å². The summed E-state index contributed by atoms with van der Waals surface area (Å²) in [7, 11) is -7.04. The number of rotatable bonds is 17. The number of aromatic amines is 2. The van der Waals surface area contributed by atoms with E-state index in [2.05, 4.69) is 96.9 Å². The fraction of sp³-hybridized carbons (Fsp3) is 0.822. The maximum Gasteiger partial charge on any atom is 0.333 e. The summed E-state index contributed by atoms with van der Waals surface area (Å²) in [4.78, 5) is 56.1. The van der Waals surface area contributed by atoms with Gasteiger partial charge in [0.05, 0.1) is 25.4 Å². The van der Waals surface area contributed by atoms with Crippen LogP contribution in [-0.2, 0) is 46.1 Å². The van der Waals surface area contributed by atoms with Crippen molar-refractivity contribution in [3.05, 3.63) is 65.2 Å². The average Bonchev–Trinajstić information content (AvgIpc) is 4.05. The van der Waals surface area contributed by atoms with Crippen LogP contribution in [0.15, 0.2) is 31.6 Å². The lowest BCUT2D eigenvalue weighted by Crippen LogP contribution is -2.46. The first-order valence-corrected chi connectivity index (χ1v) is 30.8. The van der Waals surface area contributed by atoms with E-state index < -0.39 is 115 Å². The van der Waals surface area contributed by atoms with E-state index in [1.54, 1.807) is 13.8 Å². The highest BCUT2D eigenvalue weighted by molar-refractivity contribution is 7.41. The third-order valence-electron chi connectivity index (χ3n) is 14.8. The van der Waals surface area contributed by atoms with Gasteiger partial charge in [-0.2, -0.15) is 0 Å². The lowest BCUT2D eigenvalue weighted by molar-refractivity contribution is -0.228. The zero-order valence-electron chi connectivity index (χ0n) is 41.9. The van der Waals surface area contributed by atoms with Crippen LogP contribution in [0.25, 0.3) is 0 Å². The summed E-state index contributed by atoms with van der Waals surface area (Å²) in [5, 5.41) is 3.24. The molecule has 19 nitrogen and oxygen atoms in total. The highest BCUT2D eigenvalue weighted by atomic mass is 31.2. The van der Waals surface area contributed by atoms with Gasteiger partial charge in [-0.15, -0.1) is 0 Å². The van der Waals surface area contributed by atoms with Gasteiger partial charge in [0.1, 0.15) is 43.0 Å². The molecule has 2 aromatic heterocycles. The van der Waals surface area contributed by atoms with Crippen LogP contribution in [0.4, 0.5) is 0 Å². The first-order valence-electron chi connectivity index (χ1n) is 23.9. The minimum absolute atomic E-state index is 0.0584. The minimum atomic E-state index is -2.42. The molecule has 22 heteroatoms. The summed E-state index contributed by atoms with van der Waals surface area (Å²) in [6, 6.07) is 0.153. The Labute approximate surface area is 396 Å². The van der Waals surface area contributed by atoms with E-state index in [1.165, 1.54) is 21.5 Å². The second kappa shape index (κ2) is 20.1.